The van der Waals surface area contributed by atoms with E-state index in [4.69, 9.17) is 14.2 Å². The number of rotatable bonds is 6. The third kappa shape index (κ3) is 3.06. The van der Waals surface area contributed by atoms with Crippen molar-refractivity contribution >= 4 is 11.0 Å². The van der Waals surface area contributed by atoms with E-state index in [0.717, 1.165) is 22.5 Å². The average molecular weight is 313 g/mol. The fourth-order valence-corrected chi connectivity index (χ4v) is 2.47. The monoisotopic (exact) mass is 313 g/mol. The van der Waals surface area contributed by atoms with Gasteiger partial charge in [0, 0.05) is 6.20 Å². The molecule has 0 spiro atoms. The van der Waals surface area contributed by atoms with Crippen molar-refractivity contribution in [3.63, 3.8) is 0 Å². The number of para-hydroxylation sites is 2. The Morgan fingerprint density at radius 2 is 1.78 bits per heavy atom. The number of methoxy groups -OCH3 is 2. The number of aromatic nitrogens is 3. The predicted octanol–water partition coefficient (Wildman–Crippen LogP) is 2.84. The van der Waals surface area contributed by atoms with Gasteiger partial charge in [-0.15, -0.1) is 0 Å². The van der Waals surface area contributed by atoms with Gasteiger partial charge in [-0.3, -0.25) is 0 Å². The molecule has 0 saturated heterocycles. The van der Waals surface area contributed by atoms with Gasteiger partial charge < -0.3 is 18.8 Å². The maximum atomic E-state index is 5.82. The van der Waals surface area contributed by atoms with Gasteiger partial charge in [0.25, 0.3) is 0 Å². The van der Waals surface area contributed by atoms with Crippen LogP contribution >= 0.6 is 0 Å². The summed E-state index contributed by atoms with van der Waals surface area (Å²) < 4.78 is 18.4. The van der Waals surface area contributed by atoms with E-state index in [-0.39, 0.29) is 0 Å². The molecular weight excluding hydrogens is 294 g/mol. The number of ether oxygens (including phenoxy) is 3. The minimum absolute atomic E-state index is 0.509. The van der Waals surface area contributed by atoms with Crippen molar-refractivity contribution < 1.29 is 14.2 Å². The van der Waals surface area contributed by atoms with Crippen molar-refractivity contribution in [2.45, 2.75) is 13.5 Å². The van der Waals surface area contributed by atoms with Gasteiger partial charge in [0.15, 0.2) is 11.5 Å². The molecule has 0 bridgehead atoms. The zero-order chi connectivity index (χ0) is 16.2. The van der Waals surface area contributed by atoms with E-state index in [2.05, 4.69) is 9.97 Å². The SMILES string of the molecule is COc1ccccc1OCCn1ccc2c(OC)nc(C)nc21. The standard InChI is InChI=1S/C17H19N3O3/c1-12-18-16-13(17(19-12)22-3)8-9-20(16)10-11-23-15-7-5-4-6-14(15)21-2/h4-9H,10-11H2,1-3H3. The smallest absolute Gasteiger partial charge is 0.226 e. The molecule has 0 radical (unpaired) electrons. The lowest BCUT2D eigenvalue weighted by molar-refractivity contribution is 0.281. The molecule has 23 heavy (non-hydrogen) atoms. The molecule has 2 aromatic heterocycles. The second kappa shape index (κ2) is 6.56. The molecule has 6 heteroatoms. The van der Waals surface area contributed by atoms with Crippen LogP contribution in [0.3, 0.4) is 0 Å². The van der Waals surface area contributed by atoms with Crippen molar-refractivity contribution in [1.29, 1.82) is 0 Å². The first-order valence-corrected chi connectivity index (χ1v) is 7.36. The van der Waals surface area contributed by atoms with Crippen LogP contribution in [0.2, 0.25) is 0 Å². The summed E-state index contributed by atoms with van der Waals surface area (Å²) >= 11 is 0. The molecule has 3 rings (SSSR count). The van der Waals surface area contributed by atoms with Gasteiger partial charge in [-0.2, -0.15) is 4.98 Å². The van der Waals surface area contributed by atoms with Gasteiger partial charge in [0.1, 0.15) is 18.1 Å². The Kier molecular flexibility index (Phi) is 4.32. The van der Waals surface area contributed by atoms with Crippen LogP contribution in [0, 0.1) is 6.92 Å². The lowest BCUT2D eigenvalue weighted by Gasteiger charge is -2.11. The molecule has 0 saturated carbocycles. The van der Waals surface area contributed by atoms with Gasteiger partial charge in [-0.05, 0) is 25.1 Å². The van der Waals surface area contributed by atoms with Gasteiger partial charge in [-0.25, -0.2) is 4.98 Å². The zero-order valence-electron chi connectivity index (χ0n) is 13.4. The summed E-state index contributed by atoms with van der Waals surface area (Å²) in [6, 6.07) is 9.56. The Bertz CT molecular complexity index is 814. The summed E-state index contributed by atoms with van der Waals surface area (Å²) in [6.07, 6.45) is 1.97. The molecule has 0 amide bonds. The summed E-state index contributed by atoms with van der Waals surface area (Å²) in [5.74, 6) is 2.73. The number of fused-ring (bicyclic) bond motifs is 1. The number of aryl methyl sites for hydroxylation is 1. The number of benzene rings is 1. The molecular formula is C17H19N3O3. The van der Waals surface area contributed by atoms with Crippen LogP contribution in [0.25, 0.3) is 11.0 Å². The number of hydrogen-bond donors (Lipinski definition) is 0. The molecule has 1 aromatic carbocycles. The van der Waals surface area contributed by atoms with Crippen LogP contribution in [-0.2, 0) is 6.54 Å². The molecule has 0 atom stereocenters. The van der Waals surface area contributed by atoms with Crippen LogP contribution in [0.4, 0.5) is 0 Å². The van der Waals surface area contributed by atoms with E-state index in [1.165, 1.54) is 0 Å². The average Bonchev–Trinajstić information content (AvgIpc) is 2.97. The van der Waals surface area contributed by atoms with Gasteiger partial charge in [0.05, 0.1) is 26.2 Å². The minimum Gasteiger partial charge on any atom is -0.493 e. The van der Waals surface area contributed by atoms with E-state index in [1.54, 1.807) is 14.2 Å². The lowest BCUT2D eigenvalue weighted by atomic mass is 10.3. The first kappa shape index (κ1) is 15.1. The Morgan fingerprint density at radius 1 is 1.00 bits per heavy atom. The second-order valence-electron chi connectivity index (χ2n) is 5.03. The van der Waals surface area contributed by atoms with Crippen LogP contribution < -0.4 is 14.2 Å². The van der Waals surface area contributed by atoms with Gasteiger partial charge in [-0.1, -0.05) is 12.1 Å². The summed E-state index contributed by atoms with van der Waals surface area (Å²) in [5, 5.41) is 0.899. The van der Waals surface area contributed by atoms with E-state index in [1.807, 2.05) is 48.0 Å². The molecule has 0 aliphatic carbocycles. The Labute approximate surface area is 134 Å². The van der Waals surface area contributed by atoms with Crippen molar-refractivity contribution in [3.8, 4) is 17.4 Å². The van der Waals surface area contributed by atoms with Crippen LogP contribution in [-0.4, -0.2) is 35.4 Å². The highest BCUT2D eigenvalue weighted by molar-refractivity contribution is 5.81. The summed E-state index contributed by atoms with van der Waals surface area (Å²) in [7, 11) is 3.25. The van der Waals surface area contributed by atoms with Crippen molar-refractivity contribution in [1.82, 2.24) is 14.5 Å². The third-order valence-corrected chi connectivity index (χ3v) is 3.55. The molecule has 0 unspecified atom stereocenters. The first-order chi connectivity index (χ1) is 11.2. The lowest BCUT2D eigenvalue weighted by Crippen LogP contribution is -2.09. The first-order valence-electron chi connectivity index (χ1n) is 7.36. The summed E-state index contributed by atoms with van der Waals surface area (Å²) in [5.41, 5.74) is 0.845. The molecule has 0 aliphatic rings. The van der Waals surface area contributed by atoms with Gasteiger partial charge in [0.2, 0.25) is 5.88 Å². The Hall–Kier alpha value is -2.76. The highest BCUT2D eigenvalue weighted by Gasteiger charge is 2.11. The van der Waals surface area contributed by atoms with Crippen molar-refractivity contribution in [3.05, 3.63) is 42.4 Å². The normalized spacial score (nSPS) is 10.7. The van der Waals surface area contributed by atoms with Crippen LogP contribution in [0.5, 0.6) is 17.4 Å². The van der Waals surface area contributed by atoms with E-state index in [9.17, 15) is 0 Å². The largest absolute Gasteiger partial charge is 0.493 e. The quantitative estimate of drug-likeness (QED) is 0.700. The summed E-state index contributed by atoms with van der Waals surface area (Å²) in [4.78, 5) is 8.78. The second-order valence-corrected chi connectivity index (χ2v) is 5.03. The van der Waals surface area contributed by atoms with Crippen molar-refractivity contribution in [2.24, 2.45) is 0 Å². The highest BCUT2D eigenvalue weighted by atomic mass is 16.5. The fourth-order valence-electron chi connectivity index (χ4n) is 2.47. The number of nitrogens with zero attached hydrogens (tertiary/aromatic N) is 3. The Morgan fingerprint density at radius 3 is 2.52 bits per heavy atom. The number of hydrogen-bond acceptors (Lipinski definition) is 5. The molecule has 0 N–H and O–H groups in total. The van der Waals surface area contributed by atoms with Crippen molar-refractivity contribution in [2.75, 3.05) is 20.8 Å². The zero-order valence-corrected chi connectivity index (χ0v) is 13.4. The highest BCUT2D eigenvalue weighted by Crippen LogP contribution is 2.26. The maximum absolute atomic E-state index is 5.82. The Balaban J connectivity index is 1.76. The molecule has 0 fully saturated rings. The van der Waals surface area contributed by atoms with Crippen LogP contribution in [0.15, 0.2) is 36.5 Å². The molecule has 0 aliphatic heterocycles. The molecule has 120 valence electrons. The third-order valence-electron chi connectivity index (χ3n) is 3.55. The molecule has 6 nitrogen and oxygen atoms in total. The molecule has 3 aromatic rings. The molecule has 2 heterocycles. The van der Waals surface area contributed by atoms with E-state index in [0.29, 0.717) is 24.9 Å². The maximum Gasteiger partial charge on any atom is 0.226 e. The summed E-state index contributed by atoms with van der Waals surface area (Å²) in [6.45, 7) is 3.03. The van der Waals surface area contributed by atoms with E-state index < -0.39 is 0 Å². The minimum atomic E-state index is 0.509. The van der Waals surface area contributed by atoms with Crippen LogP contribution in [0.1, 0.15) is 5.82 Å². The van der Waals surface area contributed by atoms with Gasteiger partial charge >= 0.3 is 0 Å². The predicted molar refractivity (Wildman–Crippen MR) is 87.3 cm³/mol. The fraction of sp³-hybridized carbons (Fsp3) is 0.294. The topological polar surface area (TPSA) is 58.4 Å². The van der Waals surface area contributed by atoms with E-state index >= 15 is 0 Å².